The number of pyridine rings is 2. The normalized spacial score (nSPS) is 22.8. The molecule has 1 aromatic carbocycles. The zero-order valence-corrected chi connectivity index (χ0v) is 22.5. The summed E-state index contributed by atoms with van der Waals surface area (Å²) in [5.41, 5.74) is 0.986. The molecule has 7 heterocycles. The third-order valence-corrected chi connectivity index (χ3v) is 8.43. The summed E-state index contributed by atoms with van der Waals surface area (Å²) >= 11 is 0. The van der Waals surface area contributed by atoms with Crippen LogP contribution in [0.2, 0.25) is 0 Å². The van der Waals surface area contributed by atoms with E-state index in [0.717, 1.165) is 44.5 Å². The molecule has 1 atom stereocenters. The van der Waals surface area contributed by atoms with Gasteiger partial charge in [0.2, 0.25) is 0 Å². The summed E-state index contributed by atoms with van der Waals surface area (Å²) in [6.45, 7) is 2.84. The smallest absolute Gasteiger partial charge is 0.370 e. The van der Waals surface area contributed by atoms with Gasteiger partial charge in [0.1, 0.15) is 17.3 Å². The van der Waals surface area contributed by atoms with Gasteiger partial charge in [0.25, 0.3) is 11.8 Å². The molecule has 3 fully saturated rings. The zero-order chi connectivity index (χ0) is 28.9. The fourth-order valence-electron chi connectivity index (χ4n) is 5.98. The number of anilines is 3. The van der Waals surface area contributed by atoms with Crippen LogP contribution in [0, 0.1) is 0 Å². The summed E-state index contributed by atoms with van der Waals surface area (Å²) in [5, 5.41) is 22.6. The van der Waals surface area contributed by atoms with E-state index in [2.05, 4.69) is 30.7 Å². The minimum Gasteiger partial charge on any atom is -0.394 e. The molecule has 3 aromatic heterocycles. The Morgan fingerprint density at radius 1 is 1.02 bits per heavy atom. The largest absolute Gasteiger partial charge is 0.394 e. The lowest BCUT2D eigenvalue weighted by molar-refractivity contribution is -0.0278. The molecule has 0 spiro atoms. The van der Waals surface area contributed by atoms with E-state index in [1.54, 1.807) is 17.6 Å². The molecule has 1 amide bonds. The van der Waals surface area contributed by atoms with Crippen molar-refractivity contribution >= 4 is 23.2 Å². The summed E-state index contributed by atoms with van der Waals surface area (Å²) in [5.74, 6) is 0.478. The molecule has 4 aromatic rings. The maximum absolute atomic E-state index is 14.2. The molecule has 2 bridgehead atoms. The summed E-state index contributed by atoms with van der Waals surface area (Å²) in [6, 6.07) is 9.81. The van der Waals surface area contributed by atoms with Crippen LogP contribution in [0.4, 0.5) is 26.1 Å². The van der Waals surface area contributed by atoms with Gasteiger partial charge in [0, 0.05) is 17.7 Å². The predicted octanol–water partition coefficient (Wildman–Crippen LogP) is 3.95. The third kappa shape index (κ3) is 4.64. The summed E-state index contributed by atoms with van der Waals surface area (Å²) in [6.07, 6.45) is 4.49. The van der Waals surface area contributed by atoms with Crippen LogP contribution >= 0.6 is 0 Å². The van der Waals surface area contributed by atoms with Crippen molar-refractivity contribution in [2.45, 2.75) is 36.8 Å². The highest BCUT2D eigenvalue weighted by atomic mass is 19.3. The summed E-state index contributed by atoms with van der Waals surface area (Å²) in [4.78, 5) is 27.6. The van der Waals surface area contributed by atoms with Gasteiger partial charge in [-0.25, -0.2) is 9.97 Å². The Bertz CT molecular complexity index is 1630. The Morgan fingerprint density at radius 3 is 2.52 bits per heavy atom. The lowest BCUT2D eigenvalue weighted by atomic mass is 9.71. The van der Waals surface area contributed by atoms with Crippen LogP contribution in [0.5, 0.6) is 0 Å². The van der Waals surface area contributed by atoms with Crippen molar-refractivity contribution in [2.24, 2.45) is 0 Å². The van der Waals surface area contributed by atoms with Crippen LogP contribution < -0.4 is 16.0 Å². The summed E-state index contributed by atoms with van der Waals surface area (Å²) < 4.78 is 34.3. The number of benzene rings is 1. The molecule has 4 N–H and O–H groups in total. The second-order valence-corrected chi connectivity index (χ2v) is 10.9. The number of hydrogen-bond donors (Lipinski definition) is 4. The van der Waals surface area contributed by atoms with E-state index < -0.39 is 23.7 Å². The topological polar surface area (TPSA) is 141 Å². The van der Waals surface area contributed by atoms with Gasteiger partial charge in [0.05, 0.1) is 29.5 Å². The standard InChI is InChI=1S/C29H28F2N8O3/c30-29(31)24-18(25(41)37-29)6-7-22(35-24)34-23-14-20(33-21(16-40)17-4-2-1-3-5-17)19(15-32-23)26-36-27(38-42-26)28-8-11-39(12-9-28)13-10-28/h1-7,14-15,21,40H,8-13,16H2,(H,37,41)(H2,32,33,34,35)/t21-/m1/s1. The number of aliphatic hydroxyl groups is 1. The number of nitrogens with one attached hydrogen (secondary N) is 3. The number of amides is 1. The average Bonchev–Trinajstić information content (AvgIpc) is 3.60. The van der Waals surface area contributed by atoms with Crippen molar-refractivity contribution in [3.05, 3.63) is 77.4 Å². The molecule has 3 saturated heterocycles. The Labute approximate surface area is 239 Å². The Balaban J connectivity index is 1.23. The predicted molar refractivity (Wildman–Crippen MR) is 148 cm³/mol. The molecular formula is C29H28F2N8O3. The number of rotatable bonds is 8. The highest BCUT2D eigenvalue weighted by molar-refractivity contribution is 5.99. The monoisotopic (exact) mass is 574 g/mol. The van der Waals surface area contributed by atoms with Crippen LogP contribution in [-0.4, -0.2) is 62.3 Å². The van der Waals surface area contributed by atoms with Gasteiger partial charge < -0.3 is 25.2 Å². The van der Waals surface area contributed by atoms with Crippen molar-refractivity contribution in [2.75, 3.05) is 36.9 Å². The van der Waals surface area contributed by atoms with Crippen LogP contribution in [-0.2, 0) is 11.5 Å². The van der Waals surface area contributed by atoms with Crippen molar-refractivity contribution in [3.8, 4) is 11.5 Å². The van der Waals surface area contributed by atoms with E-state index in [1.165, 1.54) is 12.1 Å². The maximum Gasteiger partial charge on any atom is 0.370 e. The first-order chi connectivity index (χ1) is 20.3. The number of piperidine rings is 3. The minimum atomic E-state index is -3.57. The number of carbonyl (C=O) groups is 1. The molecule has 42 heavy (non-hydrogen) atoms. The molecule has 8 rings (SSSR count). The van der Waals surface area contributed by atoms with Crippen molar-refractivity contribution in [3.63, 3.8) is 0 Å². The lowest BCUT2D eigenvalue weighted by Gasteiger charge is -2.46. The van der Waals surface area contributed by atoms with E-state index in [9.17, 15) is 18.7 Å². The van der Waals surface area contributed by atoms with Crippen LogP contribution in [0.15, 0.2) is 59.3 Å². The number of hydrogen-bond acceptors (Lipinski definition) is 10. The first kappa shape index (κ1) is 26.4. The first-order valence-electron chi connectivity index (χ1n) is 13.8. The molecule has 4 aliphatic heterocycles. The number of nitrogens with zero attached hydrogens (tertiary/aromatic N) is 5. The van der Waals surface area contributed by atoms with Gasteiger partial charge in [-0.2, -0.15) is 13.8 Å². The molecule has 0 saturated carbocycles. The molecule has 0 unspecified atom stereocenters. The van der Waals surface area contributed by atoms with Crippen molar-refractivity contribution in [1.29, 1.82) is 0 Å². The van der Waals surface area contributed by atoms with Crippen LogP contribution in [0.25, 0.3) is 11.5 Å². The second-order valence-electron chi connectivity index (χ2n) is 10.9. The van der Waals surface area contributed by atoms with E-state index >= 15 is 0 Å². The molecule has 4 aliphatic rings. The molecule has 13 heteroatoms. The lowest BCUT2D eigenvalue weighted by Crippen LogP contribution is -2.51. The summed E-state index contributed by atoms with van der Waals surface area (Å²) in [7, 11) is 0. The number of aromatic nitrogens is 4. The number of alkyl halides is 2. The molecule has 11 nitrogen and oxygen atoms in total. The van der Waals surface area contributed by atoms with Gasteiger partial charge in [-0.3, -0.25) is 10.1 Å². The number of carbonyl (C=O) groups excluding carboxylic acids is 1. The molecular weight excluding hydrogens is 546 g/mol. The highest BCUT2D eigenvalue weighted by Gasteiger charge is 2.46. The zero-order valence-electron chi connectivity index (χ0n) is 22.5. The van der Waals surface area contributed by atoms with E-state index in [4.69, 9.17) is 9.51 Å². The third-order valence-electron chi connectivity index (χ3n) is 8.43. The van der Waals surface area contributed by atoms with Gasteiger partial charge in [0.15, 0.2) is 5.82 Å². The Morgan fingerprint density at radius 2 is 1.79 bits per heavy atom. The SMILES string of the molecule is O=C1NC(F)(F)c2nc(Nc3cc(N[C@H](CO)c4ccccc4)c(-c4nc(C56CCN(CC5)CC6)no4)cn3)ccc21. The van der Waals surface area contributed by atoms with E-state index in [-0.39, 0.29) is 29.2 Å². The quantitative estimate of drug-likeness (QED) is 0.229. The molecule has 0 radical (unpaired) electrons. The highest BCUT2D eigenvalue weighted by Crippen LogP contribution is 2.42. The van der Waals surface area contributed by atoms with Crippen LogP contribution in [0.3, 0.4) is 0 Å². The Hall–Kier alpha value is -4.49. The van der Waals surface area contributed by atoms with E-state index in [1.807, 2.05) is 30.3 Å². The second kappa shape index (κ2) is 10.1. The van der Waals surface area contributed by atoms with Crippen molar-refractivity contribution in [1.82, 2.24) is 30.3 Å². The van der Waals surface area contributed by atoms with E-state index in [0.29, 0.717) is 23.0 Å². The van der Waals surface area contributed by atoms with Crippen molar-refractivity contribution < 1.29 is 23.2 Å². The number of halogens is 2. The minimum absolute atomic E-state index is 0.0840. The van der Waals surface area contributed by atoms with Gasteiger partial charge in [-0.1, -0.05) is 35.5 Å². The maximum atomic E-state index is 14.2. The van der Waals surface area contributed by atoms with Gasteiger partial charge in [-0.15, -0.1) is 0 Å². The fourth-order valence-corrected chi connectivity index (χ4v) is 5.98. The van der Waals surface area contributed by atoms with Gasteiger partial charge >= 0.3 is 6.05 Å². The Kier molecular flexibility index (Phi) is 6.35. The molecule has 0 aliphatic carbocycles. The first-order valence-corrected chi connectivity index (χ1v) is 13.8. The van der Waals surface area contributed by atoms with Gasteiger partial charge in [-0.05, 0) is 56.6 Å². The number of fused-ring (bicyclic) bond motifs is 4. The molecule has 216 valence electrons. The fraction of sp³-hybridized carbons (Fsp3) is 0.345. The average molecular weight is 575 g/mol. The van der Waals surface area contributed by atoms with Crippen LogP contribution in [0.1, 0.15) is 52.7 Å². The number of aliphatic hydroxyl groups excluding tert-OH is 1.